The third-order valence-corrected chi connectivity index (χ3v) is 2.53. The summed E-state index contributed by atoms with van der Waals surface area (Å²) in [6.07, 6.45) is 0. The van der Waals surface area contributed by atoms with Crippen LogP contribution in [0.5, 0.6) is 0 Å². The average Bonchev–Trinajstić information content (AvgIpc) is 2.11. The van der Waals surface area contributed by atoms with E-state index in [1.165, 1.54) is 0 Å². The van der Waals surface area contributed by atoms with Gasteiger partial charge in [0.1, 0.15) is 5.82 Å². The Hall–Kier alpha value is -0.610. The Labute approximate surface area is 86.3 Å². The van der Waals surface area contributed by atoms with Crippen molar-refractivity contribution in [3.63, 3.8) is 0 Å². The number of hydrogen-bond acceptors (Lipinski definition) is 3. The van der Waals surface area contributed by atoms with Gasteiger partial charge in [-0.1, -0.05) is 0 Å². The maximum atomic E-state index is 8.82. The molecule has 1 heterocycles. The van der Waals surface area contributed by atoms with Crippen molar-refractivity contribution in [3.8, 4) is 0 Å². The van der Waals surface area contributed by atoms with Gasteiger partial charge >= 0.3 is 0 Å². The van der Waals surface area contributed by atoms with Gasteiger partial charge in [-0.05, 0) is 41.9 Å². The van der Waals surface area contributed by atoms with E-state index < -0.39 is 0 Å². The number of nitrogens with one attached hydrogen (secondary N) is 1. The quantitative estimate of drug-likeness (QED) is 0.855. The Bertz CT molecular complexity index is 291. The van der Waals surface area contributed by atoms with Crippen molar-refractivity contribution in [2.45, 2.75) is 19.9 Å². The molecule has 0 aliphatic rings. The third kappa shape index (κ3) is 2.97. The normalized spacial score (nSPS) is 12.6. The lowest BCUT2D eigenvalue weighted by molar-refractivity contribution is 0.281. The van der Waals surface area contributed by atoms with E-state index in [2.05, 4.69) is 26.2 Å². The Morgan fingerprint density at radius 2 is 2.31 bits per heavy atom. The lowest BCUT2D eigenvalue weighted by Gasteiger charge is -2.11. The molecule has 1 atom stereocenters. The molecule has 0 aromatic carbocycles. The van der Waals surface area contributed by atoms with Gasteiger partial charge in [0.2, 0.25) is 0 Å². The van der Waals surface area contributed by atoms with Crippen molar-refractivity contribution in [2.24, 2.45) is 0 Å². The second kappa shape index (κ2) is 4.58. The van der Waals surface area contributed by atoms with Gasteiger partial charge in [0, 0.05) is 10.5 Å². The summed E-state index contributed by atoms with van der Waals surface area (Å²) in [5.74, 6) is 0.794. The molecule has 0 saturated heterocycles. The predicted octanol–water partition coefficient (Wildman–Crippen LogP) is 1.95. The van der Waals surface area contributed by atoms with Crippen LogP contribution in [-0.4, -0.2) is 22.7 Å². The second-order valence-electron chi connectivity index (χ2n) is 2.99. The SMILES string of the molecule is Cc1nc(N[C@@H](C)CO)ccc1Br. The number of nitrogens with zero attached hydrogens (tertiary/aromatic N) is 1. The molecule has 0 fully saturated rings. The highest BCUT2D eigenvalue weighted by molar-refractivity contribution is 9.10. The van der Waals surface area contributed by atoms with E-state index in [9.17, 15) is 0 Å². The van der Waals surface area contributed by atoms with Crippen LogP contribution in [-0.2, 0) is 0 Å². The van der Waals surface area contributed by atoms with Crippen molar-refractivity contribution in [3.05, 3.63) is 22.3 Å². The largest absolute Gasteiger partial charge is 0.394 e. The van der Waals surface area contributed by atoms with E-state index in [4.69, 9.17) is 5.11 Å². The van der Waals surface area contributed by atoms with Crippen molar-refractivity contribution < 1.29 is 5.11 Å². The first-order valence-electron chi connectivity index (χ1n) is 4.14. The van der Waals surface area contributed by atoms with Crippen molar-refractivity contribution in [1.82, 2.24) is 4.98 Å². The summed E-state index contributed by atoms with van der Waals surface area (Å²) in [5.41, 5.74) is 0.940. The molecule has 0 unspecified atom stereocenters. The molecule has 4 heteroatoms. The minimum atomic E-state index is 0.0353. The van der Waals surface area contributed by atoms with Crippen LogP contribution in [0.3, 0.4) is 0 Å². The molecular weight excluding hydrogens is 232 g/mol. The highest BCUT2D eigenvalue weighted by atomic mass is 79.9. The molecule has 0 aliphatic carbocycles. The summed E-state index contributed by atoms with van der Waals surface area (Å²) in [4.78, 5) is 4.29. The molecule has 0 spiro atoms. The average molecular weight is 245 g/mol. The van der Waals surface area contributed by atoms with E-state index in [1.807, 2.05) is 26.0 Å². The van der Waals surface area contributed by atoms with E-state index >= 15 is 0 Å². The molecule has 2 N–H and O–H groups in total. The molecule has 1 aromatic heterocycles. The van der Waals surface area contributed by atoms with Gasteiger partial charge in [0.25, 0.3) is 0 Å². The molecular formula is C9H13BrN2O. The molecule has 72 valence electrons. The highest BCUT2D eigenvalue weighted by Crippen LogP contribution is 2.16. The highest BCUT2D eigenvalue weighted by Gasteiger charge is 2.02. The molecule has 0 amide bonds. The lowest BCUT2D eigenvalue weighted by Crippen LogP contribution is -2.20. The summed E-state index contributed by atoms with van der Waals surface area (Å²) < 4.78 is 0.995. The maximum absolute atomic E-state index is 8.82. The zero-order valence-electron chi connectivity index (χ0n) is 7.71. The zero-order chi connectivity index (χ0) is 9.84. The first kappa shape index (κ1) is 10.5. The number of aryl methyl sites for hydroxylation is 1. The maximum Gasteiger partial charge on any atom is 0.126 e. The van der Waals surface area contributed by atoms with Crippen LogP contribution in [0, 0.1) is 6.92 Å². The number of halogens is 1. The number of anilines is 1. The zero-order valence-corrected chi connectivity index (χ0v) is 9.30. The number of rotatable bonds is 3. The summed E-state index contributed by atoms with van der Waals surface area (Å²) in [6, 6.07) is 3.85. The molecule has 0 aliphatic heterocycles. The van der Waals surface area contributed by atoms with E-state index in [1.54, 1.807) is 0 Å². The Kier molecular flexibility index (Phi) is 3.69. The van der Waals surface area contributed by atoms with Gasteiger partial charge < -0.3 is 10.4 Å². The Morgan fingerprint density at radius 3 is 2.85 bits per heavy atom. The Balaban J connectivity index is 2.73. The van der Waals surface area contributed by atoms with Gasteiger partial charge in [-0.3, -0.25) is 0 Å². The topological polar surface area (TPSA) is 45.2 Å². The van der Waals surface area contributed by atoms with Gasteiger partial charge in [-0.25, -0.2) is 4.98 Å². The fourth-order valence-corrected chi connectivity index (χ4v) is 1.14. The van der Waals surface area contributed by atoms with E-state index in [0.717, 1.165) is 16.0 Å². The fraction of sp³-hybridized carbons (Fsp3) is 0.444. The molecule has 0 bridgehead atoms. The minimum absolute atomic E-state index is 0.0353. The van der Waals surface area contributed by atoms with Crippen LogP contribution >= 0.6 is 15.9 Å². The molecule has 13 heavy (non-hydrogen) atoms. The van der Waals surface area contributed by atoms with Gasteiger partial charge in [0.15, 0.2) is 0 Å². The lowest BCUT2D eigenvalue weighted by atomic mass is 10.3. The van der Waals surface area contributed by atoms with Crippen LogP contribution in [0.4, 0.5) is 5.82 Å². The second-order valence-corrected chi connectivity index (χ2v) is 3.85. The monoisotopic (exact) mass is 244 g/mol. The number of aliphatic hydroxyl groups excluding tert-OH is 1. The van der Waals surface area contributed by atoms with Gasteiger partial charge in [0.05, 0.1) is 12.3 Å². The van der Waals surface area contributed by atoms with E-state index in [0.29, 0.717) is 0 Å². The molecule has 0 saturated carbocycles. The third-order valence-electron chi connectivity index (χ3n) is 1.69. The standard InChI is InChI=1S/C9H13BrN2O/c1-6(5-13)11-9-4-3-8(10)7(2)12-9/h3-4,6,13H,5H2,1-2H3,(H,11,12)/t6-/m0/s1. The molecule has 1 aromatic rings. The van der Waals surface area contributed by atoms with Crippen LogP contribution < -0.4 is 5.32 Å². The van der Waals surface area contributed by atoms with Crippen molar-refractivity contribution in [2.75, 3.05) is 11.9 Å². The number of aromatic nitrogens is 1. The summed E-state index contributed by atoms with van der Waals surface area (Å²) >= 11 is 3.37. The number of aliphatic hydroxyl groups is 1. The summed E-state index contributed by atoms with van der Waals surface area (Å²) in [6.45, 7) is 3.94. The van der Waals surface area contributed by atoms with E-state index in [-0.39, 0.29) is 12.6 Å². The van der Waals surface area contributed by atoms with Crippen LogP contribution in [0.25, 0.3) is 0 Å². The first-order chi connectivity index (χ1) is 6.13. The molecule has 1 rings (SSSR count). The molecule has 0 radical (unpaired) electrons. The van der Waals surface area contributed by atoms with Gasteiger partial charge in [-0.2, -0.15) is 0 Å². The molecule has 3 nitrogen and oxygen atoms in total. The predicted molar refractivity (Wildman–Crippen MR) is 56.8 cm³/mol. The van der Waals surface area contributed by atoms with Crippen LogP contribution in [0.2, 0.25) is 0 Å². The van der Waals surface area contributed by atoms with Crippen LogP contribution in [0.1, 0.15) is 12.6 Å². The summed E-state index contributed by atoms with van der Waals surface area (Å²) in [7, 11) is 0. The van der Waals surface area contributed by atoms with Crippen molar-refractivity contribution in [1.29, 1.82) is 0 Å². The van der Waals surface area contributed by atoms with Crippen LogP contribution in [0.15, 0.2) is 16.6 Å². The first-order valence-corrected chi connectivity index (χ1v) is 4.93. The Morgan fingerprint density at radius 1 is 1.62 bits per heavy atom. The fourth-order valence-electron chi connectivity index (χ4n) is 0.923. The number of pyridine rings is 1. The smallest absolute Gasteiger partial charge is 0.126 e. The summed E-state index contributed by atoms with van der Waals surface area (Å²) in [5, 5.41) is 11.9. The van der Waals surface area contributed by atoms with Gasteiger partial charge in [-0.15, -0.1) is 0 Å². The number of hydrogen-bond donors (Lipinski definition) is 2. The minimum Gasteiger partial charge on any atom is -0.394 e. The van der Waals surface area contributed by atoms with Crippen molar-refractivity contribution >= 4 is 21.7 Å².